The van der Waals surface area contributed by atoms with Crippen molar-refractivity contribution >= 4 is 5.91 Å². The molecule has 0 aromatic heterocycles. The van der Waals surface area contributed by atoms with E-state index in [-0.39, 0.29) is 5.91 Å². The predicted octanol–water partition coefficient (Wildman–Crippen LogP) is 2.40. The number of likely N-dealkylation sites (N-methyl/N-ethyl adjacent to an activating group) is 1. The maximum absolute atomic E-state index is 11.2. The standard InChI is InChI=1S/C9H13NO.C2H6/c1-5-7-8(6-2)9(11)10(3)4;1-2/h5-7H,1-2H2,3-4H3;1-2H3/b8-7+;. The van der Waals surface area contributed by atoms with Crippen LogP contribution in [0.3, 0.4) is 0 Å². The van der Waals surface area contributed by atoms with Crippen LogP contribution in [0.25, 0.3) is 0 Å². The topological polar surface area (TPSA) is 20.3 Å². The number of hydrogen-bond donors (Lipinski definition) is 0. The van der Waals surface area contributed by atoms with E-state index >= 15 is 0 Å². The molecule has 0 fully saturated rings. The fraction of sp³-hybridized carbons (Fsp3) is 0.364. The van der Waals surface area contributed by atoms with Crippen molar-refractivity contribution in [2.24, 2.45) is 0 Å². The summed E-state index contributed by atoms with van der Waals surface area (Å²) in [4.78, 5) is 12.7. The Morgan fingerprint density at radius 1 is 1.23 bits per heavy atom. The van der Waals surface area contributed by atoms with Crippen molar-refractivity contribution in [3.63, 3.8) is 0 Å². The quantitative estimate of drug-likeness (QED) is 0.483. The van der Waals surface area contributed by atoms with Crippen molar-refractivity contribution in [3.05, 3.63) is 37.0 Å². The van der Waals surface area contributed by atoms with E-state index in [2.05, 4.69) is 13.2 Å². The van der Waals surface area contributed by atoms with Crippen LogP contribution in [0, 0.1) is 0 Å². The van der Waals surface area contributed by atoms with E-state index in [0.29, 0.717) is 5.57 Å². The normalized spacial score (nSPS) is 9.38. The van der Waals surface area contributed by atoms with Gasteiger partial charge >= 0.3 is 0 Å². The van der Waals surface area contributed by atoms with E-state index < -0.39 is 0 Å². The van der Waals surface area contributed by atoms with E-state index in [1.54, 1.807) is 26.2 Å². The highest BCUT2D eigenvalue weighted by atomic mass is 16.2. The zero-order valence-electron chi connectivity index (χ0n) is 9.00. The second-order valence-electron chi connectivity index (χ2n) is 2.26. The van der Waals surface area contributed by atoms with Gasteiger partial charge in [-0.3, -0.25) is 4.79 Å². The Labute approximate surface area is 81.2 Å². The number of carbonyl (C=O) groups is 1. The first-order valence-corrected chi connectivity index (χ1v) is 4.30. The smallest absolute Gasteiger partial charge is 0.253 e. The minimum Gasteiger partial charge on any atom is -0.345 e. The molecule has 74 valence electrons. The molecule has 1 amide bonds. The molecule has 0 aliphatic heterocycles. The summed E-state index contributed by atoms with van der Waals surface area (Å²) in [6.07, 6.45) is 4.72. The second kappa shape index (κ2) is 8.78. The molecule has 2 nitrogen and oxygen atoms in total. The Bertz CT molecular complexity index is 202. The third-order valence-electron chi connectivity index (χ3n) is 1.17. The maximum atomic E-state index is 11.2. The van der Waals surface area contributed by atoms with Crippen LogP contribution in [-0.2, 0) is 4.79 Å². The van der Waals surface area contributed by atoms with Gasteiger partial charge < -0.3 is 4.90 Å². The molecule has 0 bridgehead atoms. The van der Waals surface area contributed by atoms with Crippen molar-refractivity contribution in [3.8, 4) is 0 Å². The molecule has 0 saturated carbocycles. The average Bonchev–Trinajstić information content (AvgIpc) is 2.16. The van der Waals surface area contributed by atoms with E-state index in [0.717, 1.165) is 0 Å². The zero-order chi connectivity index (χ0) is 10.9. The highest BCUT2D eigenvalue weighted by molar-refractivity contribution is 5.95. The molecule has 0 radical (unpaired) electrons. The van der Waals surface area contributed by atoms with Crippen LogP contribution < -0.4 is 0 Å². The van der Waals surface area contributed by atoms with E-state index in [4.69, 9.17) is 0 Å². The van der Waals surface area contributed by atoms with Gasteiger partial charge in [-0.05, 0) is 0 Å². The van der Waals surface area contributed by atoms with Gasteiger partial charge in [0.05, 0.1) is 0 Å². The monoisotopic (exact) mass is 181 g/mol. The summed E-state index contributed by atoms with van der Waals surface area (Å²) in [5.41, 5.74) is 0.560. The minimum atomic E-state index is -0.0556. The van der Waals surface area contributed by atoms with Gasteiger partial charge in [-0.15, -0.1) is 0 Å². The van der Waals surface area contributed by atoms with Crippen molar-refractivity contribution in [2.45, 2.75) is 13.8 Å². The molecule has 0 rings (SSSR count). The summed E-state index contributed by atoms with van der Waals surface area (Å²) >= 11 is 0. The lowest BCUT2D eigenvalue weighted by atomic mass is 10.2. The molecule has 0 saturated heterocycles. The number of rotatable bonds is 3. The predicted molar refractivity (Wildman–Crippen MR) is 58.5 cm³/mol. The Morgan fingerprint density at radius 2 is 1.69 bits per heavy atom. The lowest BCUT2D eigenvalue weighted by Crippen LogP contribution is -2.22. The summed E-state index contributed by atoms with van der Waals surface area (Å²) in [7, 11) is 3.39. The van der Waals surface area contributed by atoms with Crippen LogP contribution in [0.5, 0.6) is 0 Å². The van der Waals surface area contributed by atoms with Crippen molar-refractivity contribution in [1.82, 2.24) is 4.90 Å². The molecule has 0 spiro atoms. The first-order chi connectivity index (χ1) is 6.13. The highest BCUT2D eigenvalue weighted by Crippen LogP contribution is 1.99. The molecular formula is C11H19NO. The van der Waals surface area contributed by atoms with Crippen LogP contribution in [0.4, 0.5) is 0 Å². The molecule has 0 aromatic rings. The Hall–Kier alpha value is -1.31. The summed E-state index contributed by atoms with van der Waals surface area (Å²) in [5.74, 6) is -0.0556. The molecule has 0 heterocycles. The number of carbonyl (C=O) groups excluding carboxylic acids is 1. The zero-order valence-corrected chi connectivity index (χ0v) is 9.00. The maximum Gasteiger partial charge on any atom is 0.253 e. The van der Waals surface area contributed by atoms with Gasteiger partial charge in [0.2, 0.25) is 0 Å². The molecule has 0 atom stereocenters. The largest absolute Gasteiger partial charge is 0.345 e. The van der Waals surface area contributed by atoms with Gasteiger partial charge in [-0.1, -0.05) is 45.2 Å². The number of amides is 1. The van der Waals surface area contributed by atoms with E-state index in [1.807, 2.05) is 13.8 Å². The highest BCUT2D eigenvalue weighted by Gasteiger charge is 2.05. The van der Waals surface area contributed by atoms with E-state index in [9.17, 15) is 4.79 Å². The van der Waals surface area contributed by atoms with Gasteiger partial charge in [0, 0.05) is 19.7 Å². The SMILES string of the molecule is C=C/C=C(\C=C)C(=O)N(C)C.CC. The molecule has 2 heteroatoms. The summed E-state index contributed by atoms with van der Waals surface area (Å²) in [5, 5.41) is 0. The Kier molecular flexibility index (Phi) is 9.61. The van der Waals surface area contributed by atoms with Gasteiger partial charge in [0.15, 0.2) is 0 Å². The molecule has 0 aliphatic carbocycles. The Morgan fingerprint density at radius 3 is 1.92 bits per heavy atom. The first kappa shape index (κ1) is 14.2. The van der Waals surface area contributed by atoms with Crippen molar-refractivity contribution in [1.29, 1.82) is 0 Å². The lowest BCUT2D eigenvalue weighted by Gasteiger charge is -2.09. The van der Waals surface area contributed by atoms with Crippen molar-refractivity contribution < 1.29 is 4.79 Å². The van der Waals surface area contributed by atoms with Crippen LogP contribution in [0.2, 0.25) is 0 Å². The molecule has 0 aromatic carbocycles. The summed E-state index contributed by atoms with van der Waals surface area (Å²) in [6, 6.07) is 0. The van der Waals surface area contributed by atoms with Gasteiger partial charge in [0.1, 0.15) is 0 Å². The molecule has 13 heavy (non-hydrogen) atoms. The number of allylic oxidation sites excluding steroid dienone is 2. The molecule has 0 unspecified atom stereocenters. The van der Waals surface area contributed by atoms with E-state index in [1.165, 1.54) is 11.0 Å². The summed E-state index contributed by atoms with van der Waals surface area (Å²) in [6.45, 7) is 11.0. The van der Waals surface area contributed by atoms with Crippen LogP contribution in [-0.4, -0.2) is 24.9 Å². The molecule has 0 N–H and O–H groups in total. The fourth-order valence-electron chi connectivity index (χ4n) is 0.612. The number of nitrogens with zero attached hydrogens (tertiary/aromatic N) is 1. The molecular weight excluding hydrogens is 162 g/mol. The van der Waals surface area contributed by atoms with Crippen LogP contribution in [0.1, 0.15) is 13.8 Å². The average molecular weight is 181 g/mol. The van der Waals surface area contributed by atoms with Gasteiger partial charge in [-0.2, -0.15) is 0 Å². The first-order valence-electron chi connectivity index (χ1n) is 4.30. The van der Waals surface area contributed by atoms with Gasteiger partial charge in [0.25, 0.3) is 5.91 Å². The lowest BCUT2D eigenvalue weighted by molar-refractivity contribution is -0.124. The Balaban J connectivity index is 0. The fourth-order valence-corrected chi connectivity index (χ4v) is 0.612. The third kappa shape index (κ3) is 5.91. The second-order valence-corrected chi connectivity index (χ2v) is 2.26. The van der Waals surface area contributed by atoms with Crippen molar-refractivity contribution in [2.75, 3.05) is 14.1 Å². The van der Waals surface area contributed by atoms with Gasteiger partial charge in [-0.25, -0.2) is 0 Å². The summed E-state index contributed by atoms with van der Waals surface area (Å²) < 4.78 is 0. The third-order valence-corrected chi connectivity index (χ3v) is 1.17. The minimum absolute atomic E-state index is 0.0556. The van der Waals surface area contributed by atoms with Crippen LogP contribution in [0.15, 0.2) is 37.0 Å². The molecule has 0 aliphatic rings. The van der Waals surface area contributed by atoms with Crippen LogP contribution >= 0.6 is 0 Å². The number of hydrogen-bond acceptors (Lipinski definition) is 1.